The molecule has 1 rings (SSSR count). The summed E-state index contributed by atoms with van der Waals surface area (Å²) in [6.07, 6.45) is 21.7. The molecule has 3 atom stereocenters. The Hall–Kier alpha value is -0.860. The summed E-state index contributed by atoms with van der Waals surface area (Å²) in [5.41, 5.74) is 0. The molecule has 0 aromatic carbocycles. The number of unbranched alkanes of at least 4 members (excludes halogenated alkanes) is 11. The quantitative estimate of drug-likeness (QED) is 0.130. The normalized spacial score (nSPS) is 19.2. The van der Waals surface area contributed by atoms with Crippen LogP contribution < -0.4 is 0 Å². The van der Waals surface area contributed by atoms with Gasteiger partial charge in [0, 0.05) is 18.3 Å². The summed E-state index contributed by atoms with van der Waals surface area (Å²) in [7, 11) is 0. The second-order valence-corrected chi connectivity index (χ2v) is 10.8. The van der Waals surface area contributed by atoms with Crippen molar-refractivity contribution in [3.05, 3.63) is 0 Å². The third kappa shape index (κ3) is 13.6. The van der Waals surface area contributed by atoms with E-state index in [1.165, 1.54) is 77.0 Å². The van der Waals surface area contributed by atoms with Crippen molar-refractivity contribution in [3.63, 3.8) is 0 Å². The van der Waals surface area contributed by atoms with Crippen LogP contribution in [0.2, 0.25) is 0 Å². The van der Waals surface area contributed by atoms with E-state index in [9.17, 15) is 9.59 Å². The van der Waals surface area contributed by atoms with Gasteiger partial charge in [-0.15, -0.1) is 0 Å². The lowest BCUT2D eigenvalue weighted by molar-refractivity contribution is -0.153. The molecule has 0 N–H and O–H groups in total. The maximum Gasteiger partial charge on any atom is 0.306 e. The van der Waals surface area contributed by atoms with Crippen molar-refractivity contribution in [2.24, 2.45) is 17.8 Å². The molecule has 1 aliphatic carbocycles. The van der Waals surface area contributed by atoms with Gasteiger partial charge >= 0.3 is 5.97 Å². The largest absolute Gasteiger partial charge is 0.462 e. The van der Waals surface area contributed by atoms with Gasteiger partial charge in [-0.3, -0.25) is 9.59 Å². The van der Waals surface area contributed by atoms with Crippen molar-refractivity contribution in [1.82, 2.24) is 0 Å². The standard InChI is InChI=1S/C29H54O3/c1-5-7-9-11-12-13-14-15-17-19-27(32-28(30)21-20-24(3)4)23-26-22-25(29(26)31)18-16-10-8-6-2/h24-27H,5-23H2,1-4H3/t25-,26?,27-/m0/s1. The van der Waals surface area contributed by atoms with E-state index in [0.717, 1.165) is 38.5 Å². The molecule has 0 bridgehead atoms. The predicted octanol–water partition coefficient (Wildman–Crippen LogP) is 8.82. The molecule has 1 fully saturated rings. The fourth-order valence-corrected chi connectivity index (χ4v) is 4.91. The first-order valence-corrected chi connectivity index (χ1v) is 14.2. The first-order chi connectivity index (χ1) is 15.5. The van der Waals surface area contributed by atoms with Crippen LogP contribution in [0, 0.1) is 17.8 Å². The van der Waals surface area contributed by atoms with Crippen molar-refractivity contribution in [3.8, 4) is 0 Å². The molecule has 0 aliphatic heterocycles. The highest BCUT2D eigenvalue weighted by Gasteiger charge is 2.40. The molecular formula is C29H54O3. The summed E-state index contributed by atoms with van der Waals surface area (Å²) in [5, 5.41) is 0. The Morgan fingerprint density at radius 2 is 1.38 bits per heavy atom. The first-order valence-electron chi connectivity index (χ1n) is 14.2. The van der Waals surface area contributed by atoms with E-state index in [1.807, 2.05) is 0 Å². The van der Waals surface area contributed by atoms with Crippen molar-refractivity contribution in [2.75, 3.05) is 0 Å². The van der Waals surface area contributed by atoms with Crippen LogP contribution in [0.4, 0.5) is 0 Å². The van der Waals surface area contributed by atoms with Crippen molar-refractivity contribution < 1.29 is 14.3 Å². The topological polar surface area (TPSA) is 43.4 Å². The van der Waals surface area contributed by atoms with Crippen LogP contribution in [-0.2, 0) is 14.3 Å². The number of Topliss-reactive ketones (excluding diaryl/α,β-unsaturated/α-hetero) is 1. The number of carbonyl (C=O) groups is 2. The zero-order chi connectivity index (χ0) is 23.6. The number of hydrogen-bond donors (Lipinski definition) is 0. The lowest BCUT2D eigenvalue weighted by Crippen LogP contribution is -2.40. The highest BCUT2D eigenvalue weighted by atomic mass is 16.5. The van der Waals surface area contributed by atoms with E-state index in [1.54, 1.807) is 0 Å². The smallest absolute Gasteiger partial charge is 0.306 e. The first kappa shape index (κ1) is 29.2. The lowest BCUT2D eigenvalue weighted by atomic mass is 9.68. The molecule has 0 radical (unpaired) electrons. The summed E-state index contributed by atoms with van der Waals surface area (Å²) in [5.74, 6) is 1.30. The van der Waals surface area contributed by atoms with Crippen LogP contribution in [0.3, 0.4) is 0 Å². The van der Waals surface area contributed by atoms with Gasteiger partial charge in [0.1, 0.15) is 11.9 Å². The molecule has 1 aliphatic rings. The molecule has 188 valence electrons. The van der Waals surface area contributed by atoms with Crippen LogP contribution >= 0.6 is 0 Å². The predicted molar refractivity (Wildman–Crippen MR) is 136 cm³/mol. The summed E-state index contributed by atoms with van der Waals surface area (Å²) < 4.78 is 5.88. The number of carbonyl (C=O) groups excluding carboxylic acids is 2. The minimum absolute atomic E-state index is 0.0609. The molecule has 1 saturated carbocycles. The molecule has 0 amide bonds. The van der Waals surface area contributed by atoms with Gasteiger partial charge in [0.05, 0.1) is 0 Å². The summed E-state index contributed by atoms with van der Waals surface area (Å²) in [6.45, 7) is 8.76. The molecule has 32 heavy (non-hydrogen) atoms. The zero-order valence-corrected chi connectivity index (χ0v) is 22.0. The molecule has 0 spiro atoms. The number of hydrogen-bond acceptors (Lipinski definition) is 3. The molecule has 3 nitrogen and oxygen atoms in total. The second-order valence-electron chi connectivity index (χ2n) is 10.8. The zero-order valence-electron chi connectivity index (χ0n) is 22.0. The van der Waals surface area contributed by atoms with Gasteiger partial charge in [-0.2, -0.15) is 0 Å². The molecule has 3 heteroatoms. The van der Waals surface area contributed by atoms with E-state index in [4.69, 9.17) is 4.74 Å². The highest BCUT2D eigenvalue weighted by Crippen LogP contribution is 2.37. The van der Waals surface area contributed by atoms with E-state index in [-0.39, 0.29) is 23.9 Å². The summed E-state index contributed by atoms with van der Waals surface area (Å²) in [6, 6.07) is 0. The van der Waals surface area contributed by atoms with E-state index < -0.39 is 0 Å². The minimum atomic E-state index is -0.0671. The average Bonchev–Trinajstić information content (AvgIpc) is 2.77. The maximum absolute atomic E-state index is 12.6. The number of rotatable bonds is 21. The summed E-state index contributed by atoms with van der Waals surface area (Å²) in [4.78, 5) is 25.0. The van der Waals surface area contributed by atoms with Gasteiger partial charge in [0.2, 0.25) is 0 Å². The molecule has 1 unspecified atom stereocenters. The fourth-order valence-electron chi connectivity index (χ4n) is 4.91. The Balaban J connectivity index is 2.33. The van der Waals surface area contributed by atoms with Crippen LogP contribution in [0.15, 0.2) is 0 Å². The molecule has 0 saturated heterocycles. The molecule has 0 aromatic rings. The van der Waals surface area contributed by atoms with E-state index in [2.05, 4.69) is 27.7 Å². The molecule has 0 heterocycles. The molecule has 0 aromatic heterocycles. The summed E-state index contributed by atoms with van der Waals surface area (Å²) >= 11 is 0. The fraction of sp³-hybridized carbons (Fsp3) is 0.931. The van der Waals surface area contributed by atoms with Crippen molar-refractivity contribution >= 4 is 11.8 Å². The minimum Gasteiger partial charge on any atom is -0.462 e. The van der Waals surface area contributed by atoms with Crippen molar-refractivity contribution in [1.29, 1.82) is 0 Å². The third-order valence-electron chi connectivity index (χ3n) is 7.18. The van der Waals surface area contributed by atoms with Crippen LogP contribution in [0.1, 0.15) is 150 Å². The van der Waals surface area contributed by atoms with Crippen LogP contribution in [0.5, 0.6) is 0 Å². The average molecular weight is 451 g/mol. The van der Waals surface area contributed by atoms with Crippen LogP contribution in [-0.4, -0.2) is 17.9 Å². The second kappa shape index (κ2) is 18.6. The number of esters is 1. The monoisotopic (exact) mass is 450 g/mol. The molecular weight excluding hydrogens is 396 g/mol. The Labute approximate surface area is 199 Å². The van der Waals surface area contributed by atoms with E-state index in [0.29, 0.717) is 18.1 Å². The highest BCUT2D eigenvalue weighted by molar-refractivity contribution is 5.89. The Morgan fingerprint density at radius 1 is 0.812 bits per heavy atom. The number of ether oxygens (including phenoxy) is 1. The van der Waals surface area contributed by atoms with Gasteiger partial charge in [0.25, 0.3) is 0 Å². The lowest BCUT2D eigenvalue weighted by Gasteiger charge is -2.35. The van der Waals surface area contributed by atoms with Crippen molar-refractivity contribution in [2.45, 2.75) is 156 Å². The SMILES string of the molecule is CCCCCCCCCCC[C@@H](CC1C[C@H](CCCCCC)C1=O)OC(=O)CCC(C)C. The maximum atomic E-state index is 12.6. The van der Waals surface area contributed by atoms with Gasteiger partial charge < -0.3 is 4.74 Å². The Morgan fingerprint density at radius 3 is 1.94 bits per heavy atom. The van der Waals surface area contributed by atoms with Crippen LogP contribution in [0.25, 0.3) is 0 Å². The third-order valence-corrected chi connectivity index (χ3v) is 7.18. The number of ketones is 1. The van der Waals surface area contributed by atoms with Gasteiger partial charge in [0.15, 0.2) is 0 Å². The van der Waals surface area contributed by atoms with E-state index >= 15 is 0 Å². The van der Waals surface area contributed by atoms with Gasteiger partial charge in [-0.1, -0.05) is 105 Å². The van der Waals surface area contributed by atoms with Gasteiger partial charge in [-0.05, 0) is 44.4 Å². The Bertz CT molecular complexity index is 485. The van der Waals surface area contributed by atoms with Gasteiger partial charge in [-0.25, -0.2) is 0 Å². The Kier molecular flexibility index (Phi) is 16.9.